The van der Waals surface area contributed by atoms with Crippen LogP contribution in [0.25, 0.3) is 0 Å². The molecule has 38 heavy (non-hydrogen) atoms. The summed E-state index contributed by atoms with van der Waals surface area (Å²) in [4.78, 5) is 36.4. The van der Waals surface area contributed by atoms with Crippen LogP contribution >= 0.6 is 12.2 Å². The Morgan fingerprint density at radius 3 is 2.66 bits per heavy atom. The van der Waals surface area contributed by atoms with Crippen molar-refractivity contribution >= 4 is 35.0 Å². The molecule has 3 saturated carbocycles. The smallest absolute Gasteiger partial charge is 0.347 e. The van der Waals surface area contributed by atoms with Gasteiger partial charge in [0.15, 0.2) is 16.9 Å². The van der Waals surface area contributed by atoms with Crippen molar-refractivity contribution in [3.63, 3.8) is 0 Å². The molecule has 4 aliphatic carbocycles. The quantitative estimate of drug-likeness (QED) is 0.405. The first-order valence-electron chi connectivity index (χ1n) is 13.3. The lowest BCUT2D eigenvalue weighted by molar-refractivity contribution is -0.173. The normalized spacial score (nSPS) is 44.3. The summed E-state index contributed by atoms with van der Waals surface area (Å²) >= 11 is 5.06. The number of rotatable bonds is 5. The maximum Gasteiger partial charge on any atom is 0.347 e. The number of cyclic esters (lactones) is 1. The first-order valence-corrected chi connectivity index (χ1v) is 13.7. The molecule has 1 aliphatic heterocycles. The van der Waals surface area contributed by atoms with Crippen molar-refractivity contribution < 1.29 is 42.5 Å². The van der Waals surface area contributed by atoms with Gasteiger partial charge in [-0.2, -0.15) is 0 Å². The minimum Gasteiger partial charge on any atom is -0.469 e. The second kappa shape index (κ2) is 9.47. The van der Waals surface area contributed by atoms with E-state index in [2.05, 4.69) is 0 Å². The van der Waals surface area contributed by atoms with Gasteiger partial charge in [-0.1, -0.05) is 19.9 Å². The van der Waals surface area contributed by atoms with Crippen molar-refractivity contribution in [1.82, 2.24) is 0 Å². The lowest BCUT2D eigenvalue weighted by atomic mass is 9.46. The van der Waals surface area contributed by atoms with Crippen molar-refractivity contribution in [3.8, 4) is 0 Å². The van der Waals surface area contributed by atoms with E-state index in [9.17, 15) is 19.5 Å². The molecule has 4 fully saturated rings. The molecule has 0 bridgehead atoms. The number of carbonyl (C=O) groups is 3. The number of hydrogen-bond acceptors (Lipinski definition) is 8. The molecule has 1 saturated heterocycles. The van der Waals surface area contributed by atoms with Gasteiger partial charge in [-0.05, 0) is 74.4 Å². The first-order chi connectivity index (χ1) is 17.8. The van der Waals surface area contributed by atoms with Crippen molar-refractivity contribution in [2.45, 2.75) is 89.4 Å². The average molecular weight is 553 g/mol. The largest absolute Gasteiger partial charge is 0.469 e. The van der Waals surface area contributed by atoms with Crippen molar-refractivity contribution in [2.24, 2.45) is 28.6 Å². The molecule has 10 heteroatoms. The summed E-state index contributed by atoms with van der Waals surface area (Å²) in [5.41, 5.74) is -3.27. The highest BCUT2D eigenvalue weighted by Crippen LogP contribution is 2.69. The van der Waals surface area contributed by atoms with E-state index in [1.54, 1.807) is 13.0 Å². The Hall–Kier alpha value is -2.20. The second-order valence-electron chi connectivity index (χ2n) is 12.0. The molecular weight excluding hydrogens is 518 g/mol. The highest BCUT2D eigenvalue weighted by Gasteiger charge is 2.69. The fourth-order valence-electron chi connectivity index (χ4n) is 7.88. The van der Waals surface area contributed by atoms with E-state index in [1.807, 2.05) is 13.8 Å². The Morgan fingerprint density at radius 1 is 1.24 bits per heavy atom. The Balaban J connectivity index is 1.29. The van der Waals surface area contributed by atoms with Gasteiger partial charge in [0.05, 0.1) is 13.0 Å². The second-order valence-corrected chi connectivity index (χ2v) is 12.4. The predicted molar refractivity (Wildman–Crippen MR) is 135 cm³/mol. The van der Waals surface area contributed by atoms with Crippen LogP contribution in [0.2, 0.25) is 0 Å². The summed E-state index contributed by atoms with van der Waals surface area (Å²) in [6.45, 7) is 5.82. The molecule has 0 aromatic heterocycles. The number of thiocarbonyl (C=S) groups is 1. The number of allylic oxidation sites excluding steroid dienone is 4. The van der Waals surface area contributed by atoms with E-state index in [-0.39, 0.29) is 47.7 Å². The van der Waals surface area contributed by atoms with E-state index in [4.69, 9.17) is 26.4 Å². The third-order valence-corrected chi connectivity index (χ3v) is 10.3. The Bertz CT molecular complexity index is 1120. The van der Waals surface area contributed by atoms with Crippen LogP contribution < -0.4 is 0 Å². The number of ketones is 1. The molecular formula is C28H34F2O7S. The topological polar surface area (TPSA) is 99.1 Å². The number of fused-ring (bicyclic) bond motifs is 5. The number of hydrogen-bond donors (Lipinski definition) is 1. The standard InChI is InChI=1S/C28H34F2O7S/c1-14-10-16-17-12-19(29)18-11-15(31)4-6-27(18,3)28(17,30)8-7-26(16,2)23(14)37-22(33)13-20(32)25(38)36-21-5-9-35-24(21)34/h4,6,11,14,16-17,19-21,23,32H,5,7-10,12-13H2,1-3H3/t14-,16+,17+,19+,20+,21+,23-,26+,27+,28-/m1/s1. The van der Waals surface area contributed by atoms with Crippen molar-refractivity contribution in [2.75, 3.05) is 6.61 Å². The van der Waals surface area contributed by atoms with Crippen molar-refractivity contribution in [3.05, 3.63) is 23.8 Å². The van der Waals surface area contributed by atoms with Crippen LogP contribution in [-0.2, 0) is 28.6 Å². The number of aliphatic hydroxyl groups is 1. The molecule has 0 aromatic carbocycles. The molecule has 5 aliphatic rings. The molecule has 0 unspecified atom stereocenters. The molecule has 0 spiro atoms. The van der Waals surface area contributed by atoms with Gasteiger partial charge < -0.3 is 19.3 Å². The van der Waals surface area contributed by atoms with Crippen LogP contribution in [-0.4, -0.2) is 64.6 Å². The van der Waals surface area contributed by atoms with Crippen LogP contribution in [0.3, 0.4) is 0 Å². The average Bonchev–Trinajstić information content (AvgIpc) is 3.37. The van der Waals surface area contributed by atoms with E-state index < -0.39 is 65.3 Å². The van der Waals surface area contributed by atoms with Gasteiger partial charge >= 0.3 is 11.9 Å². The molecule has 5 rings (SSSR count). The lowest BCUT2D eigenvalue weighted by Crippen LogP contribution is -2.62. The third kappa shape index (κ3) is 4.13. The molecule has 10 atom stereocenters. The minimum atomic E-state index is -1.72. The zero-order chi connectivity index (χ0) is 27.6. The Labute approximate surface area is 225 Å². The van der Waals surface area contributed by atoms with E-state index >= 15 is 8.78 Å². The monoisotopic (exact) mass is 552 g/mol. The Morgan fingerprint density at radius 2 is 1.97 bits per heavy atom. The SMILES string of the molecule is C[C@@H]1C[C@H]2[C@@H]3C[C@H](F)C4=CC(=O)C=C[C@]4(C)[C@@]3(F)CC[C@]2(C)[C@@H]1OC(=O)C[C@H](O)C(=S)O[C@H]1CCOC1=O. The fraction of sp³-hybridized carbons (Fsp3) is 0.714. The van der Waals surface area contributed by atoms with E-state index in [0.29, 0.717) is 19.3 Å². The minimum absolute atomic E-state index is 0.0133. The molecule has 7 nitrogen and oxygen atoms in total. The summed E-state index contributed by atoms with van der Waals surface area (Å²) in [5, 5.41) is 10.1. The summed E-state index contributed by atoms with van der Waals surface area (Å²) in [6, 6.07) is 0. The zero-order valence-corrected chi connectivity index (χ0v) is 22.6. The predicted octanol–water partition coefficient (Wildman–Crippen LogP) is 3.90. The third-order valence-electron chi connectivity index (χ3n) is 9.92. The maximum absolute atomic E-state index is 17.0. The molecule has 1 N–H and O–H groups in total. The van der Waals surface area contributed by atoms with E-state index in [1.165, 1.54) is 12.2 Å². The van der Waals surface area contributed by atoms with E-state index in [0.717, 1.165) is 0 Å². The van der Waals surface area contributed by atoms with Crippen molar-refractivity contribution in [1.29, 1.82) is 0 Å². The van der Waals surface area contributed by atoms with Gasteiger partial charge in [0.25, 0.3) is 0 Å². The summed E-state index contributed by atoms with van der Waals surface area (Å²) in [6.07, 6.45) is 0.861. The summed E-state index contributed by atoms with van der Waals surface area (Å²) < 4.78 is 48.5. The number of halogens is 2. The van der Waals surface area contributed by atoms with Gasteiger partial charge in [0.2, 0.25) is 0 Å². The molecule has 208 valence electrons. The molecule has 0 radical (unpaired) electrons. The van der Waals surface area contributed by atoms with Crippen LogP contribution in [0.5, 0.6) is 0 Å². The van der Waals surface area contributed by atoms with Gasteiger partial charge in [0, 0.05) is 23.2 Å². The van der Waals surface area contributed by atoms with Gasteiger partial charge in [-0.3, -0.25) is 9.59 Å². The van der Waals surface area contributed by atoms with Gasteiger partial charge in [0.1, 0.15) is 24.0 Å². The van der Waals surface area contributed by atoms with Crippen LogP contribution in [0.4, 0.5) is 8.78 Å². The molecule has 0 amide bonds. The first kappa shape index (κ1) is 27.4. The molecule has 1 heterocycles. The number of alkyl halides is 2. The van der Waals surface area contributed by atoms with Crippen LogP contribution in [0.15, 0.2) is 23.8 Å². The highest BCUT2D eigenvalue weighted by molar-refractivity contribution is 7.80. The van der Waals surface area contributed by atoms with Gasteiger partial charge in [-0.15, -0.1) is 0 Å². The lowest BCUT2D eigenvalue weighted by Gasteiger charge is -2.60. The van der Waals surface area contributed by atoms with Crippen LogP contribution in [0, 0.1) is 28.6 Å². The Kier molecular flexibility index (Phi) is 6.82. The number of esters is 2. The number of ether oxygens (including phenoxy) is 3. The van der Waals surface area contributed by atoms with Crippen LogP contribution in [0.1, 0.15) is 59.3 Å². The summed E-state index contributed by atoms with van der Waals surface area (Å²) in [5.74, 6) is -2.48. The molecule has 0 aromatic rings. The zero-order valence-electron chi connectivity index (χ0n) is 21.8. The number of carbonyl (C=O) groups excluding carboxylic acids is 3. The fourth-order valence-corrected chi connectivity index (χ4v) is 8.08. The summed E-state index contributed by atoms with van der Waals surface area (Å²) in [7, 11) is 0. The number of aliphatic hydroxyl groups excluding tert-OH is 1. The highest BCUT2D eigenvalue weighted by atomic mass is 32.1. The maximum atomic E-state index is 17.0. The van der Waals surface area contributed by atoms with Gasteiger partial charge in [-0.25, -0.2) is 13.6 Å².